The van der Waals surface area contributed by atoms with E-state index in [0.29, 0.717) is 11.5 Å². The Morgan fingerprint density at radius 1 is 1.59 bits per heavy atom. The Balaban J connectivity index is 1.96. The van der Waals surface area contributed by atoms with Gasteiger partial charge in [-0.05, 0) is 58.0 Å². The van der Waals surface area contributed by atoms with Crippen LogP contribution in [0.1, 0.15) is 16.8 Å². The summed E-state index contributed by atoms with van der Waals surface area (Å²) in [6.45, 7) is 0.773. The summed E-state index contributed by atoms with van der Waals surface area (Å²) in [6.07, 6.45) is 1.21. The average molecular weight is 332 g/mol. The van der Waals surface area contributed by atoms with Crippen LogP contribution in [0.3, 0.4) is 0 Å². The second kappa shape index (κ2) is 6.16. The fourth-order valence-corrected chi connectivity index (χ4v) is 3.68. The van der Waals surface area contributed by atoms with Gasteiger partial charge in [-0.25, -0.2) is 0 Å². The van der Waals surface area contributed by atoms with Crippen molar-refractivity contribution in [2.75, 3.05) is 18.1 Å². The molecule has 17 heavy (non-hydrogen) atoms. The van der Waals surface area contributed by atoms with Crippen LogP contribution in [-0.2, 0) is 0 Å². The Kier molecular flexibility index (Phi) is 4.82. The molecular weight excluding hydrogens is 318 g/mol. The van der Waals surface area contributed by atoms with Crippen molar-refractivity contribution in [2.45, 2.75) is 11.3 Å². The van der Waals surface area contributed by atoms with E-state index in [-0.39, 0.29) is 5.91 Å². The lowest BCUT2D eigenvalue weighted by Gasteiger charge is -2.11. The normalized spacial score (nSPS) is 19.3. The molecule has 1 aliphatic rings. The minimum atomic E-state index is -0.0234. The Bertz CT molecular complexity index is 419. The molecule has 0 radical (unpaired) electrons. The summed E-state index contributed by atoms with van der Waals surface area (Å²) < 4.78 is 0.814. The molecule has 0 saturated carbocycles. The lowest BCUT2D eigenvalue weighted by Crippen LogP contribution is -2.29. The molecule has 1 amide bonds. The van der Waals surface area contributed by atoms with Crippen LogP contribution < -0.4 is 5.32 Å². The quantitative estimate of drug-likeness (QED) is 0.832. The third-order valence-electron chi connectivity index (χ3n) is 2.77. The van der Waals surface area contributed by atoms with Crippen LogP contribution in [0.4, 0.5) is 0 Å². The van der Waals surface area contributed by atoms with Gasteiger partial charge >= 0.3 is 0 Å². The second-order valence-electron chi connectivity index (χ2n) is 4.10. The van der Waals surface area contributed by atoms with Crippen molar-refractivity contribution in [1.82, 2.24) is 5.32 Å². The number of thioether (sulfide) groups is 1. The lowest BCUT2D eigenvalue weighted by molar-refractivity contribution is 0.0947. The van der Waals surface area contributed by atoms with Crippen LogP contribution in [-0.4, -0.2) is 24.0 Å². The van der Waals surface area contributed by atoms with E-state index in [2.05, 4.69) is 33.9 Å². The van der Waals surface area contributed by atoms with Gasteiger partial charge in [0.25, 0.3) is 5.91 Å². The molecule has 1 N–H and O–H groups in total. The second-order valence-corrected chi connectivity index (χ2v) is 6.62. The van der Waals surface area contributed by atoms with Gasteiger partial charge in [-0.2, -0.15) is 11.8 Å². The first-order valence-corrected chi connectivity index (χ1v) is 7.91. The molecule has 1 atom stereocenters. The van der Waals surface area contributed by atoms with Crippen molar-refractivity contribution in [3.05, 3.63) is 28.2 Å². The Hall–Kier alpha value is -0.130. The zero-order chi connectivity index (χ0) is 12.3. The maximum atomic E-state index is 12.0. The van der Waals surface area contributed by atoms with E-state index in [9.17, 15) is 4.79 Å². The summed E-state index contributed by atoms with van der Waals surface area (Å²) in [5.74, 6) is 2.98. The number of benzene rings is 1. The molecule has 92 valence electrons. The molecule has 1 unspecified atom stereocenters. The van der Waals surface area contributed by atoms with Crippen LogP contribution in [0.25, 0.3) is 0 Å². The number of halogens is 1. The van der Waals surface area contributed by atoms with E-state index in [0.717, 1.165) is 21.7 Å². The maximum Gasteiger partial charge on any atom is 0.252 e. The molecule has 1 heterocycles. The van der Waals surface area contributed by atoms with Crippen LogP contribution in [0.15, 0.2) is 27.6 Å². The van der Waals surface area contributed by atoms with Crippen molar-refractivity contribution in [3.8, 4) is 0 Å². The van der Waals surface area contributed by atoms with Crippen molar-refractivity contribution >= 4 is 46.2 Å². The highest BCUT2D eigenvalue weighted by Gasteiger charge is 2.17. The highest BCUT2D eigenvalue weighted by atomic mass is 79.9. The third kappa shape index (κ3) is 3.66. The van der Waals surface area contributed by atoms with Crippen LogP contribution in [0.5, 0.6) is 0 Å². The SMILES string of the molecule is O=C(NCC1CCSC1)c1cc(S)ccc1Br. The van der Waals surface area contributed by atoms with Gasteiger partial charge in [0.2, 0.25) is 0 Å². The van der Waals surface area contributed by atoms with E-state index < -0.39 is 0 Å². The highest BCUT2D eigenvalue weighted by molar-refractivity contribution is 9.10. The summed E-state index contributed by atoms with van der Waals surface area (Å²) in [4.78, 5) is 12.8. The molecule has 5 heteroatoms. The summed E-state index contributed by atoms with van der Waals surface area (Å²) in [6, 6.07) is 5.49. The Morgan fingerprint density at radius 3 is 3.12 bits per heavy atom. The first kappa shape index (κ1) is 13.3. The van der Waals surface area contributed by atoms with Gasteiger partial charge in [-0.3, -0.25) is 4.79 Å². The smallest absolute Gasteiger partial charge is 0.252 e. The van der Waals surface area contributed by atoms with Gasteiger partial charge in [-0.1, -0.05) is 0 Å². The number of rotatable bonds is 3. The number of hydrogen-bond donors (Lipinski definition) is 2. The van der Waals surface area contributed by atoms with Crippen molar-refractivity contribution < 1.29 is 4.79 Å². The fraction of sp³-hybridized carbons (Fsp3) is 0.417. The number of thiol groups is 1. The van der Waals surface area contributed by atoms with Gasteiger partial charge in [0.05, 0.1) is 5.56 Å². The van der Waals surface area contributed by atoms with E-state index in [1.165, 1.54) is 12.2 Å². The van der Waals surface area contributed by atoms with Gasteiger partial charge < -0.3 is 5.32 Å². The molecule has 0 aliphatic carbocycles. The largest absolute Gasteiger partial charge is 0.352 e. The van der Waals surface area contributed by atoms with E-state index >= 15 is 0 Å². The third-order valence-corrected chi connectivity index (χ3v) is 4.97. The first-order chi connectivity index (χ1) is 8.16. The van der Waals surface area contributed by atoms with Gasteiger partial charge in [0.1, 0.15) is 0 Å². The van der Waals surface area contributed by atoms with Crippen LogP contribution >= 0.6 is 40.3 Å². The number of carbonyl (C=O) groups excluding carboxylic acids is 1. The highest BCUT2D eigenvalue weighted by Crippen LogP contribution is 2.23. The van der Waals surface area contributed by atoms with E-state index in [1.807, 2.05) is 23.9 Å². The van der Waals surface area contributed by atoms with E-state index in [4.69, 9.17) is 0 Å². The molecular formula is C12H14BrNOS2. The molecule has 1 fully saturated rings. The zero-order valence-corrected chi connectivity index (χ0v) is 12.6. The molecule has 1 aromatic carbocycles. The van der Waals surface area contributed by atoms with Gasteiger partial charge in [0.15, 0.2) is 0 Å². The topological polar surface area (TPSA) is 29.1 Å². The maximum absolute atomic E-state index is 12.0. The van der Waals surface area contributed by atoms with E-state index in [1.54, 1.807) is 6.07 Å². The molecule has 0 spiro atoms. The summed E-state index contributed by atoms with van der Waals surface area (Å²) in [5, 5.41) is 2.99. The first-order valence-electron chi connectivity index (χ1n) is 5.51. The van der Waals surface area contributed by atoms with Crippen molar-refractivity contribution in [3.63, 3.8) is 0 Å². The standard InChI is InChI=1S/C12H14BrNOS2/c13-11-2-1-9(16)5-10(11)12(15)14-6-8-3-4-17-7-8/h1-2,5,8,16H,3-4,6-7H2,(H,14,15). The Labute approximate surface area is 119 Å². The number of carbonyl (C=O) groups is 1. The predicted molar refractivity (Wildman–Crippen MR) is 79.2 cm³/mol. The molecule has 1 aliphatic heterocycles. The minimum absolute atomic E-state index is 0.0234. The summed E-state index contributed by atoms with van der Waals surface area (Å²) >= 11 is 9.60. The van der Waals surface area contributed by atoms with Crippen LogP contribution in [0, 0.1) is 5.92 Å². The lowest BCUT2D eigenvalue weighted by atomic mass is 10.1. The molecule has 2 nitrogen and oxygen atoms in total. The Morgan fingerprint density at radius 2 is 2.41 bits per heavy atom. The van der Waals surface area contributed by atoms with Crippen molar-refractivity contribution in [2.24, 2.45) is 5.92 Å². The number of amides is 1. The minimum Gasteiger partial charge on any atom is -0.352 e. The zero-order valence-electron chi connectivity index (χ0n) is 9.28. The molecule has 0 aromatic heterocycles. The van der Waals surface area contributed by atoms with Gasteiger partial charge in [0, 0.05) is 15.9 Å². The number of hydrogen-bond acceptors (Lipinski definition) is 3. The van der Waals surface area contributed by atoms with Crippen molar-refractivity contribution in [1.29, 1.82) is 0 Å². The monoisotopic (exact) mass is 331 g/mol. The fourth-order valence-electron chi connectivity index (χ4n) is 1.76. The molecule has 1 aromatic rings. The number of nitrogens with one attached hydrogen (secondary N) is 1. The average Bonchev–Trinajstić information content (AvgIpc) is 2.82. The predicted octanol–water partition coefficient (Wildman–Crippen LogP) is 3.22. The van der Waals surface area contributed by atoms with Crippen LogP contribution in [0.2, 0.25) is 0 Å². The summed E-state index contributed by atoms with van der Waals surface area (Å²) in [7, 11) is 0. The molecule has 0 bridgehead atoms. The molecule has 2 rings (SSSR count). The van der Waals surface area contributed by atoms with Gasteiger partial charge in [-0.15, -0.1) is 12.6 Å². The molecule has 1 saturated heterocycles. The summed E-state index contributed by atoms with van der Waals surface area (Å²) in [5.41, 5.74) is 0.656.